The Morgan fingerprint density at radius 1 is 1.36 bits per heavy atom. The number of aryl methyl sites for hydroxylation is 1. The average molecular weight is 306 g/mol. The van der Waals surface area contributed by atoms with Gasteiger partial charge in [0.15, 0.2) is 11.6 Å². The molecule has 1 fully saturated rings. The Kier molecular flexibility index (Phi) is 4.52. The first-order valence-electron chi connectivity index (χ1n) is 7.81. The van der Waals surface area contributed by atoms with Crippen LogP contribution < -0.4 is 0 Å². The number of hydrogen-bond acceptors (Lipinski definition) is 3. The van der Waals surface area contributed by atoms with Gasteiger partial charge in [0, 0.05) is 24.6 Å². The van der Waals surface area contributed by atoms with E-state index in [4.69, 9.17) is 4.52 Å². The number of likely N-dealkylation sites (tertiary alicyclic amines) is 1. The van der Waals surface area contributed by atoms with E-state index in [9.17, 15) is 8.78 Å². The van der Waals surface area contributed by atoms with Crippen LogP contribution in [0.1, 0.15) is 49.2 Å². The highest BCUT2D eigenvalue weighted by Crippen LogP contribution is 2.33. The molecule has 0 saturated carbocycles. The zero-order valence-corrected chi connectivity index (χ0v) is 12.7. The molecule has 2 heterocycles. The number of benzene rings is 1. The van der Waals surface area contributed by atoms with Crippen molar-refractivity contribution < 1.29 is 13.3 Å². The highest BCUT2D eigenvalue weighted by molar-refractivity contribution is 5.20. The molecule has 3 nitrogen and oxygen atoms in total. The Bertz CT molecular complexity index is 641. The quantitative estimate of drug-likeness (QED) is 0.827. The van der Waals surface area contributed by atoms with Crippen molar-refractivity contribution in [3.05, 3.63) is 52.9 Å². The van der Waals surface area contributed by atoms with E-state index >= 15 is 0 Å². The Balaban J connectivity index is 1.76. The standard InChI is InChI=1S/C17H20F2N2O/c1-2-5-13-10-15(20-22-13)16-8-4-9-21(16)11-12-6-3-7-14(18)17(12)19/h3,6-7,10,16H,2,4-5,8-9,11H2,1H3/t16-/m0/s1. The smallest absolute Gasteiger partial charge is 0.163 e. The molecule has 1 atom stereocenters. The molecule has 1 aromatic carbocycles. The summed E-state index contributed by atoms with van der Waals surface area (Å²) in [5, 5.41) is 4.16. The topological polar surface area (TPSA) is 29.3 Å². The van der Waals surface area contributed by atoms with Crippen LogP contribution in [0.25, 0.3) is 0 Å². The van der Waals surface area contributed by atoms with Crippen LogP contribution in [0.4, 0.5) is 8.78 Å². The number of aromatic nitrogens is 1. The first kappa shape index (κ1) is 15.2. The van der Waals surface area contributed by atoms with Crippen molar-refractivity contribution in [1.82, 2.24) is 10.1 Å². The molecule has 1 aliphatic heterocycles. The predicted molar refractivity (Wildman–Crippen MR) is 79.2 cm³/mol. The van der Waals surface area contributed by atoms with Crippen LogP contribution in [-0.4, -0.2) is 16.6 Å². The van der Waals surface area contributed by atoms with Gasteiger partial charge in [-0.2, -0.15) is 0 Å². The Morgan fingerprint density at radius 3 is 3.05 bits per heavy atom. The van der Waals surface area contributed by atoms with E-state index in [1.807, 2.05) is 6.07 Å². The van der Waals surface area contributed by atoms with Crippen LogP contribution in [-0.2, 0) is 13.0 Å². The first-order chi connectivity index (χ1) is 10.7. The van der Waals surface area contributed by atoms with Crippen LogP contribution >= 0.6 is 0 Å². The van der Waals surface area contributed by atoms with Crippen molar-refractivity contribution in [2.24, 2.45) is 0 Å². The van der Waals surface area contributed by atoms with E-state index in [1.54, 1.807) is 12.1 Å². The van der Waals surface area contributed by atoms with Crippen LogP contribution in [0.2, 0.25) is 0 Å². The molecule has 1 aromatic heterocycles. The summed E-state index contributed by atoms with van der Waals surface area (Å²) in [4.78, 5) is 2.14. The van der Waals surface area contributed by atoms with Gasteiger partial charge < -0.3 is 4.52 Å². The largest absolute Gasteiger partial charge is 0.361 e. The zero-order chi connectivity index (χ0) is 15.5. The van der Waals surface area contributed by atoms with Gasteiger partial charge in [-0.05, 0) is 31.9 Å². The van der Waals surface area contributed by atoms with E-state index in [0.717, 1.165) is 49.7 Å². The summed E-state index contributed by atoms with van der Waals surface area (Å²) in [5.74, 6) is -0.652. The minimum atomic E-state index is -0.792. The van der Waals surface area contributed by atoms with Crippen LogP contribution in [0.15, 0.2) is 28.8 Å². The summed E-state index contributed by atoms with van der Waals surface area (Å²) >= 11 is 0. The fourth-order valence-electron chi connectivity index (χ4n) is 3.09. The Labute approximate surface area is 128 Å². The van der Waals surface area contributed by atoms with Gasteiger partial charge in [-0.15, -0.1) is 0 Å². The maximum absolute atomic E-state index is 13.9. The maximum atomic E-state index is 13.9. The molecular formula is C17H20F2N2O. The van der Waals surface area contributed by atoms with Crippen molar-refractivity contribution in [1.29, 1.82) is 0 Å². The van der Waals surface area contributed by atoms with E-state index in [-0.39, 0.29) is 6.04 Å². The maximum Gasteiger partial charge on any atom is 0.163 e. The molecule has 3 rings (SSSR count). The first-order valence-corrected chi connectivity index (χ1v) is 7.81. The molecule has 2 aromatic rings. The minimum absolute atomic E-state index is 0.122. The van der Waals surface area contributed by atoms with Gasteiger partial charge >= 0.3 is 0 Å². The zero-order valence-electron chi connectivity index (χ0n) is 12.7. The molecular weight excluding hydrogens is 286 g/mol. The van der Waals surface area contributed by atoms with Crippen molar-refractivity contribution in [2.45, 2.75) is 45.2 Å². The predicted octanol–water partition coefficient (Wildman–Crippen LogP) is 4.24. The minimum Gasteiger partial charge on any atom is -0.361 e. The lowest BCUT2D eigenvalue weighted by atomic mass is 10.1. The van der Waals surface area contributed by atoms with Gasteiger partial charge in [-0.25, -0.2) is 8.78 Å². The summed E-state index contributed by atoms with van der Waals surface area (Å²) in [7, 11) is 0. The summed E-state index contributed by atoms with van der Waals surface area (Å²) in [6.07, 6.45) is 3.88. The molecule has 0 bridgehead atoms. The fraction of sp³-hybridized carbons (Fsp3) is 0.471. The van der Waals surface area contributed by atoms with Gasteiger partial charge in [0.05, 0.1) is 6.04 Å². The lowest BCUT2D eigenvalue weighted by Gasteiger charge is -2.22. The van der Waals surface area contributed by atoms with Crippen molar-refractivity contribution in [2.75, 3.05) is 6.54 Å². The second-order valence-corrected chi connectivity index (χ2v) is 5.81. The number of nitrogens with zero attached hydrogens (tertiary/aromatic N) is 2. The monoisotopic (exact) mass is 306 g/mol. The highest BCUT2D eigenvalue weighted by Gasteiger charge is 2.29. The SMILES string of the molecule is CCCc1cc([C@@H]2CCCN2Cc2cccc(F)c2F)no1. The molecule has 0 amide bonds. The van der Waals surface area contributed by atoms with Crippen molar-refractivity contribution in [3.63, 3.8) is 0 Å². The number of hydrogen-bond donors (Lipinski definition) is 0. The molecule has 118 valence electrons. The van der Waals surface area contributed by atoms with Gasteiger partial charge in [0.2, 0.25) is 0 Å². The van der Waals surface area contributed by atoms with E-state index in [2.05, 4.69) is 17.0 Å². The number of halogens is 2. The second kappa shape index (κ2) is 6.57. The lowest BCUT2D eigenvalue weighted by molar-refractivity contribution is 0.232. The van der Waals surface area contributed by atoms with E-state index < -0.39 is 11.6 Å². The van der Waals surface area contributed by atoms with Gasteiger partial charge in [-0.1, -0.05) is 24.2 Å². The molecule has 5 heteroatoms. The van der Waals surface area contributed by atoms with Crippen molar-refractivity contribution in [3.8, 4) is 0 Å². The normalized spacial score (nSPS) is 19.0. The lowest BCUT2D eigenvalue weighted by Crippen LogP contribution is -2.23. The fourth-order valence-corrected chi connectivity index (χ4v) is 3.09. The molecule has 0 radical (unpaired) electrons. The third-order valence-electron chi connectivity index (χ3n) is 4.18. The van der Waals surface area contributed by atoms with E-state index in [1.165, 1.54) is 0 Å². The Morgan fingerprint density at radius 2 is 2.23 bits per heavy atom. The van der Waals surface area contributed by atoms with Gasteiger partial charge in [-0.3, -0.25) is 4.90 Å². The van der Waals surface area contributed by atoms with Gasteiger partial charge in [0.1, 0.15) is 11.5 Å². The summed E-state index contributed by atoms with van der Waals surface area (Å²) < 4.78 is 32.5. The van der Waals surface area contributed by atoms with Gasteiger partial charge in [0.25, 0.3) is 0 Å². The molecule has 1 aliphatic rings. The molecule has 22 heavy (non-hydrogen) atoms. The third-order valence-corrected chi connectivity index (χ3v) is 4.18. The molecule has 0 spiro atoms. The average Bonchev–Trinajstić information content (AvgIpc) is 3.13. The third kappa shape index (κ3) is 3.04. The summed E-state index contributed by atoms with van der Waals surface area (Å²) in [6, 6.07) is 6.45. The summed E-state index contributed by atoms with van der Waals surface area (Å²) in [5.41, 5.74) is 1.29. The van der Waals surface area contributed by atoms with Crippen LogP contribution in [0.5, 0.6) is 0 Å². The molecule has 0 N–H and O–H groups in total. The molecule has 1 saturated heterocycles. The van der Waals surface area contributed by atoms with Crippen molar-refractivity contribution >= 4 is 0 Å². The molecule has 0 aliphatic carbocycles. The van der Waals surface area contributed by atoms with Crippen LogP contribution in [0, 0.1) is 11.6 Å². The number of rotatable bonds is 5. The Hall–Kier alpha value is -1.75. The highest BCUT2D eigenvalue weighted by atomic mass is 19.2. The molecule has 0 unspecified atom stereocenters. The van der Waals surface area contributed by atoms with E-state index in [0.29, 0.717) is 12.1 Å². The second-order valence-electron chi connectivity index (χ2n) is 5.81. The summed E-state index contributed by atoms with van der Waals surface area (Å²) in [6.45, 7) is 3.34. The van der Waals surface area contributed by atoms with Crippen LogP contribution in [0.3, 0.4) is 0 Å².